The summed E-state index contributed by atoms with van der Waals surface area (Å²) in [7, 11) is 0. The summed E-state index contributed by atoms with van der Waals surface area (Å²) in [4.78, 5) is 21.7. The van der Waals surface area contributed by atoms with Gasteiger partial charge in [-0.1, -0.05) is 54.6 Å². The first-order valence-corrected chi connectivity index (χ1v) is 6.65. The Labute approximate surface area is 122 Å². The molecule has 0 aromatic heterocycles. The van der Waals surface area contributed by atoms with Gasteiger partial charge in [0.1, 0.15) is 0 Å². The van der Waals surface area contributed by atoms with Crippen LogP contribution in [0.3, 0.4) is 0 Å². The lowest BCUT2D eigenvalue weighted by molar-refractivity contribution is -0.139. The summed E-state index contributed by atoms with van der Waals surface area (Å²) in [5.74, 6) is -2.49. The maximum atomic E-state index is 10.9. The van der Waals surface area contributed by atoms with E-state index in [0.29, 0.717) is 0 Å². The molecular weight excluding hydrogens is 268 g/mol. The Hall–Kier alpha value is -2.62. The van der Waals surface area contributed by atoms with Gasteiger partial charge in [0.05, 0.1) is 12.8 Å². The Morgan fingerprint density at radius 1 is 0.762 bits per heavy atom. The summed E-state index contributed by atoms with van der Waals surface area (Å²) in [5.41, 5.74) is 2.82. The molecule has 2 aromatic carbocycles. The molecule has 0 bridgehead atoms. The van der Waals surface area contributed by atoms with E-state index in [9.17, 15) is 9.59 Å². The van der Waals surface area contributed by atoms with Crippen molar-refractivity contribution in [1.29, 1.82) is 0 Å². The molecule has 0 saturated heterocycles. The number of carbonyl (C=O) groups is 2. The Morgan fingerprint density at radius 3 is 1.71 bits per heavy atom. The second kappa shape index (κ2) is 6.70. The smallest absolute Gasteiger partial charge is 0.303 e. The Balaban J connectivity index is 2.22. The van der Waals surface area contributed by atoms with Crippen LogP contribution < -0.4 is 0 Å². The lowest BCUT2D eigenvalue weighted by atomic mass is 9.91. The van der Waals surface area contributed by atoms with Crippen LogP contribution in [0.15, 0.2) is 54.6 Å². The molecular formula is C17H16O4. The van der Waals surface area contributed by atoms with E-state index in [0.717, 1.165) is 16.7 Å². The molecule has 0 aliphatic carbocycles. The van der Waals surface area contributed by atoms with E-state index >= 15 is 0 Å². The van der Waals surface area contributed by atoms with Gasteiger partial charge in [-0.2, -0.15) is 0 Å². The van der Waals surface area contributed by atoms with E-state index in [1.165, 1.54) is 0 Å². The van der Waals surface area contributed by atoms with Crippen molar-refractivity contribution in [2.24, 2.45) is 0 Å². The molecule has 2 N–H and O–H groups in total. The highest BCUT2D eigenvalue weighted by Gasteiger charge is 2.19. The Morgan fingerprint density at radius 2 is 1.24 bits per heavy atom. The van der Waals surface area contributed by atoms with Crippen molar-refractivity contribution in [3.63, 3.8) is 0 Å². The molecule has 0 saturated carbocycles. The summed E-state index contributed by atoms with van der Waals surface area (Å²) < 4.78 is 0. The SMILES string of the molecule is O=C(O)CC(CC(=O)O)c1ccc(-c2ccccc2)cc1. The third kappa shape index (κ3) is 4.18. The van der Waals surface area contributed by atoms with Crippen LogP contribution in [0.25, 0.3) is 11.1 Å². The maximum absolute atomic E-state index is 10.9. The zero-order chi connectivity index (χ0) is 15.2. The van der Waals surface area contributed by atoms with E-state index < -0.39 is 17.9 Å². The third-order valence-electron chi connectivity index (χ3n) is 3.33. The Bertz CT molecular complexity index is 601. The molecule has 108 valence electrons. The highest BCUT2D eigenvalue weighted by atomic mass is 16.4. The monoisotopic (exact) mass is 284 g/mol. The number of carboxylic acid groups (broad SMARTS) is 2. The van der Waals surface area contributed by atoms with E-state index in [-0.39, 0.29) is 12.8 Å². The molecule has 0 radical (unpaired) electrons. The molecule has 21 heavy (non-hydrogen) atoms. The number of rotatable bonds is 6. The molecule has 0 atom stereocenters. The van der Waals surface area contributed by atoms with Crippen molar-refractivity contribution >= 4 is 11.9 Å². The number of hydrogen-bond donors (Lipinski definition) is 2. The van der Waals surface area contributed by atoms with Crippen molar-refractivity contribution < 1.29 is 19.8 Å². The van der Waals surface area contributed by atoms with Gasteiger partial charge in [-0.25, -0.2) is 0 Å². The lowest BCUT2D eigenvalue weighted by Gasteiger charge is -2.13. The van der Waals surface area contributed by atoms with Crippen molar-refractivity contribution in [2.45, 2.75) is 18.8 Å². The zero-order valence-corrected chi connectivity index (χ0v) is 11.4. The van der Waals surface area contributed by atoms with Crippen LogP contribution in [0, 0.1) is 0 Å². The molecule has 4 heteroatoms. The minimum Gasteiger partial charge on any atom is -0.481 e. The summed E-state index contributed by atoms with van der Waals surface area (Å²) in [6, 6.07) is 17.2. The molecule has 0 fully saturated rings. The number of benzene rings is 2. The molecule has 2 aromatic rings. The van der Waals surface area contributed by atoms with Gasteiger partial charge in [-0.15, -0.1) is 0 Å². The highest BCUT2D eigenvalue weighted by Crippen LogP contribution is 2.27. The van der Waals surface area contributed by atoms with E-state index in [1.807, 2.05) is 42.5 Å². The van der Waals surface area contributed by atoms with Crippen molar-refractivity contribution in [3.05, 3.63) is 60.2 Å². The summed E-state index contributed by atoms with van der Waals surface area (Å²) >= 11 is 0. The minimum absolute atomic E-state index is 0.184. The fourth-order valence-corrected chi connectivity index (χ4v) is 2.31. The fraction of sp³-hybridized carbons (Fsp3) is 0.176. The van der Waals surface area contributed by atoms with Gasteiger partial charge >= 0.3 is 11.9 Å². The molecule has 0 unspecified atom stereocenters. The topological polar surface area (TPSA) is 74.6 Å². The Kier molecular flexibility index (Phi) is 4.72. The molecule has 0 aliphatic rings. The fourth-order valence-electron chi connectivity index (χ4n) is 2.31. The van der Waals surface area contributed by atoms with Crippen LogP contribution in [0.1, 0.15) is 24.3 Å². The maximum Gasteiger partial charge on any atom is 0.303 e. The highest BCUT2D eigenvalue weighted by molar-refractivity contribution is 5.72. The zero-order valence-electron chi connectivity index (χ0n) is 11.4. The summed E-state index contributed by atoms with van der Waals surface area (Å²) in [6.45, 7) is 0. The van der Waals surface area contributed by atoms with Crippen molar-refractivity contribution in [2.75, 3.05) is 0 Å². The molecule has 0 amide bonds. The van der Waals surface area contributed by atoms with Crippen LogP contribution in [-0.4, -0.2) is 22.2 Å². The largest absolute Gasteiger partial charge is 0.481 e. The predicted octanol–water partition coefficient (Wildman–Crippen LogP) is 3.39. The van der Waals surface area contributed by atoms with Crippen LogP contribution in [-0.2, 0) is 9.59 Å². The number of carboxylic acids is 2. The quantitative estimate of drug-likeness (QED) is 0.852. The van der Waals surface area contributed by atoms with E-state index in [2.05, 4.69) is 0 Å². The van der Waals surface area contributed by atoms with Crippen LogP contribution in [0.2, 0.25) is 0 Å². The van der Waals surface area contributed by atoms with E-state index in [4.69, 9.17) is 10.2 Å². The number of aliphatic carboxylic acids is 2. The van der Waals surface area contributed by atoms with Gasteiger partial charge < -0.3 is 10.2 Å². The van der Waals surface area contributed by atoms with Crippen molar-refractivity contribution in [1.82, 2.24) is 0 Å². The standard InChI is InChI=1S/C17H16O4/c18-16(19)10-15(11-17(20)21)14-8-6-13(7-9-14)12-4-2-1-3-5-12/h1-9,15H,10-11H2,(H,18,19)(H,20,21). The summed E-state index contributed by atoms with van der Waals surface area (Å²) in [5, 5.41) is 17.8. The van der Waals surface area contributed by atoms with Crippen LogP contribution in [0.5, 0.6) is 0 Å². The number of hydrogen-bond acceptors (Lipinski definition) is 2. The minimum atomic E-state index is -0.992. The van der Waals surface area contributed by atoms with Gasteiger partial charge in [0, 0.05) is 5.92 Å². The van der Waals surface area contributed by atoms with Crippen LogP contribution in [0.4, 0.5) is 0 Å². The first-order valence-electron chi connectivity index (χ1n) is 6.65. The molecule has 0 spiro atoms. The normalized spacial score (nSPS) is 10.5. The second-order valence-corrected chi connectivity index (χ2v) is 4.88. The van der Waals surface area contributed by atoms with E-state index in [1.54, 1.807) is 12.1 Å². The molecule has 0 aliphatic heterocycles. The molecule has 0 heterocycles. The molecule has 2 rings (SSSR count). The van der Waals surface area contributed by atoms with Gasteiger partial charge in [-0.3, -0.25) is 9.59 Å². The average Bonchev–Trinajstić information content (AvgIpc) is 2.47. The van der Waals surface area contributed by atoms with Gasteiger partial charge in [-0.05, 0) is 16.7 Å². The van der Waals surface area contributed by atoms with Crippen molar-refractivity contribution in [3.8, 4) is 11.1 Å². The average molecular weight is 284 g/mol. The lowest BCUT2D eigenvalue weighted by Crippen LogP contribution is -2.11. The predicted molar refractivity (Wildman–Crippen MR) is 79.1 cm³/mol. The first-order chi connectivity index (χ1) is 10.1. The van der Waals surface area contributed by atoms with Crippen LogP contribution >= 0.6 is 0 Å². The molecule has 4 nitrogen and oxygen atoms in total. The van der Waals surface area contributed by atoms with Gasteiger partial charge in [0.25, 0.3) is 0 Å². The second-order valence-electron chi connectivity index (χ2n) is 4.88. The summed E-state index contributed by atoms with van der Waals surface area (Å²) in [6.07, 6.45) is -0.367. The van der Waals surface area contributed by atoms with Gasteiger partial charge in [0.15, 0.2) is 0 Å². The third-order valence-corrected chi connectivity index (χ3v) is 3.33. The van der Waals surface area contributed by atoms with Gasteiger partial charge in [0.2, 0.25) is 0 Å². The first kappa shape index (κ1) is 14.8.